The Morgan fingerprint density at radius 2 is 1.02 bits per heavy atom. The van der Waals surface area contributed by atoms with E-state index >= 15 is 0 Å². The Labute approximate surface area is 299 Å². The van der Waals surface area contributed by atoms with E-state index in [2.05, 4.69) is 173 Å². The number of para-hydroxylation sites is 3. The SMILES string of the molecule is C1=Nc2sc3c(-c4cccc(-c5cccc(-n6c7ccccc7c7cc(-n8c9ccccc9c9ccccc98)ccc76)c5)c4)cccc3c2CC1. The van der Waals surface area contributed by atoms with Gasteiger partial charge in [0.25, 0.3) is 0 Å². The molecule has 240 valence electrons. The molecule has 4 heterocycles. The zero-order valence-corrected chi connectivity index (χ0v) is 28.6. The first-order valence-corrected chi connectivity index (χ1v) is 18.4. The lowest BCUT2D eigenvalue weighted by Crippen LogP contribution is -1.96. The third kappa shape index (κ3) is 4.33. The van der Waals surface area contributed by atoms with Crippen molar-refractivity contribution in [2.75, 3.05) is 0 Å². The van der Waals surface area contributed by atoms with Crippen molar-refractivity contribution in [1.29, 1.82) is 0 Å². The van der Waals surface area contributed by atoms with E-state index in [0.29, 0.717) is 0 Å². The highest BCUT2D eigenvalue weighted by Gasteiger charge is 2.19. The molecule has 0 spiro atoms. The second-order valence-electron chi connectivity index (χ2n) is 13.5. The first-order chi connectivity index (χ1) is 25.3. The van der Waals surface area contributed by atoms with Crippen molar-refractivity contribution in [2.45, 2.75) is 12.8 Å². The number of aryl methyl sites for hydroxylation is 1. The zero-order valence-electron chi connectivity index (χ0n) is 27.8. The van der Waals surface area contributed by atoms with Crippen molar-refractivity contribution in [3.63, 3.8) is 0 Å². The van der Waals surface area contributed by atoms with Gasteiger partial charge in [0.1, 0.15) is 5.00 Å². The van der Waals surface area contributed by atoms with Crippen LogP contribution in [0.5, 0.6) is 0 Å². The fourth-order valence-electron chi connectivity index (χ4n) is 8.36. The highest BCUT2D eigenvalue weighted by atomic mass is 32.1. The lowest BCUT2D eigenvalue weighted by Gasteiger charge is -2.12. The molecule has 7 aromatic carbocycles. The predicted octanol–water partition coefficient (Wildman–Crippen LogP) is 13.1. The van der Waals surface area contributed by atoms with Gasteiger partial charge in [-0.15, -0.1) is 11.3 Å². The van der Waals surface area contributed by atoms with Crippen LogP contribution >= 0.6 is 11.3 Å². The predicted molar refractivity (Wildman–Crippen MR) is 218 cm³/mol. The number of nitrogens with zero attached hydrogens (tertiary/aromatic N) is 3. The van der Waals surface area contributed by atoms with Crippen LogP contribution in [-0.2, 0) is 6.42 Å². The third-order valence-corrected chi connectivity index (χ3v) is 11.8. The van der Waals surface area contributed by atoms with Crippen LogP contribution in [0.2, 0.25) is 0 Å². The molecule has 0 bridgehead atoms. The van der Waals surface area contributed by atoms with Crippen molar-refractivity contribution < 1.29 is 0 Å². The monoisotopic (exact) mass is 669 g/mol. The van der Waals surface area contributed by atoms with Crippen LogP contribution in [-0.4, -0.2) is 15.3 Å². The molecule has 1 aliphatic heterocycles. The Bertz CT molecular complexity index is 2990. The fraction of sp³-hybridized carbons (Fsp3) is 0.0426. The fourth-order valence-corrected chi connectivity index (χ4v) is 9.61. The molecule has 1 aliphatic rings. The van der Waals surface area contributed by atoms with Crippen molar-refractivity contribution in [1.82, 2.24) is 9.13 Å². The number of rotatable bonds is 4. The number of hydrogen-bond acceptors (Lipinski definition) is 2. The molecular formula is C47H31N3S. The summed E-state index contributed by atoms with van der Waals surface area (Å²) in [5, 5.41) is 7.56. The minimum absolute atomic E-state index is 1.02. The van der Waals surface area contributed by atoms with E-state index < -0.39 is 0 Å². The molecule has 10 aromatic rings. The first kappa shape index (κ1) is 28.6. The molecule has 11 rings (SSSR count). The molecule has 4 heteroatoms. The molecule has 0 atom stereocenters. The highest BCUT2D eigenvalue weighted by Crippen LogP contribution is 2.45. The second-order valence-corrected chi connectivity index (χ2v) is 14.5. The van der Waals surface area contributed by atoms with Crippen LogP contribution in [0.25, 0.3) is 87.3 Å². The number of hydrogen-bond donors (Lipinski definition) is 0. The van der Waals surface area contributed by atoms with Crippen molar-refractivity contribution in [3.05, 3.63) is 163 Å². The van der Waals surface area contributed by atoms with E-state index in [-0.39, 0.29) is 0 Å². The Kier molecular flexibility index (Phi) is 6.25. The molecule has 51 heavy (non-hydrogen) atoms. The van der Waals surface area contributed by atoms with Crippen molar-refractivity contribution in [3.8, 4) is 33.6 Å². The van der Waals surface area contributed by atoms with Gasteiger partial charge in [-0.1, -0.05) is 103 Å². The molecule has 3 aromatic heterocycles. The average molecular weight is 670 g/mol. The van der Waals surface area contributed by atoms with Crippen LogP contribution in [0.1, 0.15) is 12.0 Å². The summed E-state index contributed by atoms with van der Waals surface area (Å²) in [5.41, 5.74) is 13.5. The zero-order chi connectivity index (χ0) is 33.5. The number of aromatic nitrogens is 2. The van der Waals surface area contributed by atoms with Crippen LogP contribution in [0.15, 0.2) is 163 Å². The number of thiophene rings is 1. The lowest BCUT2D eigenvalue weighted by atomic mass is 9.97. The van der Waals surface area contributed by atoms with Gasteiger partial charge in [-0.2, -0.15) is 0 Å². The molecule has 3 nitrogen and oxygen atoms in total. The van der Waals surface area contributed by atoms with Crippen LogP contribution in [0, 0.1) is 0 Å². The van der Waals surface area contributed by atoms with E-state index in [9.17, 15) is 0 Å². The topological polar surface area (TPSA) is 22.2 Å². The summed E-state index contributed by atoms with van der Waals surface area (Å²) in [6.07, 6.45) is 4.15. The third-order valence-electron chi connectivity index (χ3n) is 10.6. The summed E-state index contributed by atoms with van der Waals surface area (Å²) in [6, 6.07) is 57.9. The smallest absolute Gasteiger partial charge is 0.119 e. The van der Waals surface area contributed by atoms with Crippen molar-refractivity contribution >= 4 is 76.3 Å². The van der Waals surface area contributed by atoms with E-state index in [0.717, 1.165) is 18.5 Å². The van der Waals surface area contributed by atoms with E-state index in [1.165, 1.54) is 92.2 Å². The molecule has 0 aliphatic carbocycles. The summed E-state index contributed by atoms with van der Waals surface area (Å²) in [4.78, 5) is 4.74. The molecule has 0 radical (unpaired) electrons. The minimum atomic E-state index is 1.02. The van der Waals surface area contributed by atoms with Gasteiger partial charge >= 0.3 is 0 Å². The number of aliphatic imine (C=N–C) groups is 1. The van der Waals surface area contributed by atoms with E-state index in [1.807, 2.05) is 11.3 Å². The number of fused-ring (bicyclic) bond motifs is 9. The normalized spacial score (nSPS) is 12.9. The van der Waals surface area contributed by atoms with E-state index in [1.54, 1.807) is 0 Å². The van der Waals surface area contributed by atoms with Gasteiger partial charge in [0.05, 0.1) is 22.1 Å². The minimum Gasteiger partial charge on any atom is -0.309 e. The summed E-state index contributed by atoms with van der Waals surface area (Å²) >= 11 is 1.82. The van der Waals surface area contributed by atoms with Crippen LogP contribution in [0.4, 0.5) is 5.00 Å². The van der Waals surface area contributed by atoms with Gasteiger partial charge in [0.2, 0.25) is 0 Å². The van der Waals surface area contributed by atoms with Gasteiger partial charge in [-0.05, 0) is 101 Å². The van der Waals surface area contributed by atoms with E-state index in [4.69, 9.17) is 4.99 Å². The maximum atomic E-state index is 4.74. The van der Waals surface area contributed by atoms with Gasteiger partial charge in [-0.25, -0.2) is 0 Å². The van der Waals surface area contributed by atoms with Gasteiger partial charge in [0, 0.05) is 43.8 Å². The molecule has 0 saturated carbocycles. The van der Waals surface area contributed by atoms with Crippen LogP contribution in [0.3, 0.4) is 0 Å². The first-order valence-electron chi connectivity index (χ1n) is 17.6. The Balaban J connectivity index is 1.05. The Morgan fingerprint density at radius 3 is 1.76 bits per heavy atom. The van der Waals surface area contributed by atoms with Crippen molar-refractivity contribution in [2.24, 2.45) is 4.99 Å². The number of benzene rings is 7. The molecule has 0 amide bonds. The summed E-state index contributed by atoms with van der Waals surface area (Å²) in [5.74, 6) is 0. The molecule has 0 fully saturated rings. The van der Waals surface area contributed by atoms with Crippen LogP contribution < -0.4 is 0 Å². The summed E-state index contributed by atoms with van der Waals surface area (Å²) in [7, 11) is 0. The maximum absolute atomic E-state index is 4.74. The molecular weight excluding hydrogens is 639 g/mol. The van der Waals surface area contributed by atoms with Gasteiger partial charge in [0.15, 0.2) is 0 Å². The quantitative estimate of drug-likeness (QED) is 0.178. The largest absolute Gasteiger partial charge is 0.309 e. The highest BCUT2D eigenvalue weighted by molar-refractivity contribution is 7.23. The summed E-state index contributed by atoms with van der Waals surface area (Å²) in [6.45, 7) is 0. The molecule has 0 saturated heterocycles. The average Bonchev–Trinajstić information content (AvgIpc) is 3.86. The maximum Gasteiger partial charge on any atom is 0.119 e. The molecule has 0 N–H and O–H groups in total. The van der Waals surface area contributed by atoms with Gasteiger partial charge in [-0.3, -0.25) is 4.99 Å². The standard InChI is InChI=1S/C47H31N3S/c1-4-21-42-36(15-1)37-16-2-5-22-43(37)50(42)34-24-25-45-41(29-34)38-17-3-6-23-44(38)49(45)33-14-8-12-31(28-33)30-11-7-13-32(27-30)35-18-9-19-39-40-20-10-26-48-47(40)51-46(35)39/h1-9,11-19,21-29H,10,20H2. The Hall–Kier alpha value is -6.23. The Morgan fingerprint density at radius 1 is 0.451 bits per heavy atom. The van der Waals surface area contributed by atoms with Gasteiger partial charge < -0.3 is 9.13 Å². The second kappa shape index (κ2) is 11.1. The lowest BCUT2D eigenvalue weighted by molar-refractivity contribution is 1.05. The molecule has 0 unspecified atom stereocenters. The summed E-state index contributed by atoms with van der Waals surface area (Å²) < 4.78 is 6.16.